The maximum absolute atomic E-state index is 14.6. The van der Waals surface area contributed by atoms with Crippen LogP contribution in [0.1, 0.15) is 47.0 Å². The smallest absolute Gasteiger partial charge is 0.170 e. The summed E-state index contributed by atoms with van der Waals surface area (Å²) in [7, 11) is -2.88. The SMILES string of the molecule is CCCC/C=C(\C(C)=C(C)C)P(=O)(c1ccccc1)c1ccccc1. The third kappa shape index (κ3) is 4.41. The van der Waals surface area contributed by atoms with E-state index in [2.05, 4.69) is 33.8 Å². The first-order valence-electron chi connectivity index (χ1n) is 9.08. The molecule has 25 heavy (non-hydrogen) atoms. The van der Waals surface area contributed by atoms with Crippen LogP contribution in [0.5, 0.6) is 0 Å². The lowest BCUT2D eigenvalue weighted by Crippen LogP contribution is -2.18. The zero-order valence-corrected chi connectivity index (χ0v) is 16.7. The molecule has 0 bridgehead atoms. The number of rotatable bonds is 7. The molecule has 0 atom stereocenters. The van der Waals surface area contributed by atoms with Gasteiger partial charge in [0.1, 0.15) is 0 Å². The summed E-state index contributed by atoms with van der Waals surface area (Å²) in [6.07, 6.45) is 5.43. The first-order chi connectivity index (χ1) is 12.0. The highest BCUT2D eigenvalue weighted by Crippen LogP contribution is 2.55. The zero-order valence-electron chi connectivity index (χ0n) is 15.8. The summed E-state index contributed by atoms with van der Waals surface area (Å²) in [6, 6.07) is 19.9. The molecule has 0 fully saturated rings. The van der Waals surface area contributed by atoms with Gasteiger partial charge >= 0.3 is 0 Å². The first-order valence-corrected chi connectivity index (χ1v) is 10.8. The molecule has 0 aliphatic heterocycles. The van der Waals surface area contributed by atoms with Gasteiger partial charge in [-0.3, -0.25) is 0 Å². The lowest BCUT2D eigenvalue weighted by molar-refractivity contribution is 0.590. The molecular formula is C23H29OP. The third-order valence-corrected chi connectivity index (χ3v) is 7.86. The van der Waals surface area contributed by atoms with Crippen LogP contribution in [0.4, 0.5) is 0 Å². The van der Waals surface area contributed by atoms with Crippen LogP contribution in [0.15, 0.2) is 83.2 Å². The lowest BCUT2D eigenvalue weighted by atomic mass is 10.1. The van der Waals surface area contributed by atoms with Crippen molar-refractivity contribution in [1.29, 1.82) is 0 Å². The predicted molar refractivity (Wildman–Crippen MR) is 111 cm³/mol. The Hall–Kier alpha value is -1.85. The van der Waals surface area contributed by atoms with Crippen LogP contribution < -0.4 is 10.6 Å². The molecule has 0 unspecified atom stereocenters. The number of hydrogen-bond donors (Lipinski definition) is 0. The number of unbranched alkanes of at least 4 members (excludes halogenated alkanes) is 2. The summed E-state index contributed by atoms with van der Waals surface area (Å²) in [5, 5.41) is 2.81. The molecule has 0 N–H and O–H groups in total. The second-order valence-electron chi connectivity index (χ2n) is 6.64. The maximum atomic E-state index is 14.6. The van der Waals surface area contributed by atoms with Crippen molar-refractivity contribution in [3.05, 3.63) is 83.2 Å². The van der Waals surface area contributed by atoms with Gasteiger partial charge in [0.25, 0.3) is 0 Å². The fourth-order valence-corrected chi connectivity index (χ4v) is 6.04. The summed E-state index contributed by atoms with van der Waals surface area (Å²) >= 11 is 0. The van der Waals surface area contributed by atoms with Gasteiger partial charge in [0.15, 0.2) is 7.14 Å². The Morgan fingerprint density at radius 3 is 1.76 bits per heavy atom. The van der Waals surface area contributed by atoms with Crippen molar-refractivity contribution in [1.82, 2.24) is 0 Å². The Bertz CT molecular complexity index is 738. The predicted octanol–water partition coefficient (Wildman–Crippen LogP) is 6.43. The van der Waals surface area contributed by atoms with Gasteiger partial charge in [-0.1, -0.05) is 92.1 Å². The van der Waals surface area contributed by atoms with E-state index in [0.717, 1.165) is 40.8 Å². The van der Waals surface area contributed by atoms with Gasteiger partial charge < -0.3 is 4.57 Å². The normalized spacial score (nSPS) is 12.1. The molecule has 2 aromatic carbocycles. The minimum atomic E-state index is -2.88. The molecule has 0 aromatic heterocycles. The Balaban J connectivity index is 2.74. The van der Waals surface area contributed by atoms with Gasteiger partial charge in [0.2, 0.25) is 0 Å². The van der Waals surface area contributed by atoms with Crippen LogP contribution in [0.2, 0.25) is 0 Å². The van der Waals surface area contributed by atoms with Crippen molar-refractivity contribution in [3.8, 4) is 0 Å². The fourth-order valence-electron chi connectivity index (χ4n) is 2.92. The van der Waals surface area contributed by atoms with Gasteiger partial charge in [-0.2, -0.15) is 0 Å². The molecular weight excluding hydrogens is 323 g/mol. The van der Waals surface area contributed by atoms with Crippen LogP contribution in [-0.2, 0) is 4.57 Å². The lowest BCUT2D eigenvalue weighted by Gasteiger charge is -2.24. The van der Waals surface area contributed by atoms with E-state index < -0.39 is 7.14 Å². The Labute approximate surface area is 152 Å². The van der Waals surface area contributed by atoms with Crippen molar-refractivity contribution in [2.24, 2.45) is 0 Å². The standard InChI is InChI=1S/C23H29OP/c1-5-6-9-18-23(20(4)19(2)3)25(24,21-14-10-7-11-15-21)22-16-12-8-13-17-22/h7-8,10-18H,5-6,9H2,1-4H3/b23-18+. The van der Waals surface area contributed by atoms with Gasteiger partial charge in [-0.05, 0) is 32.8 Å². The van der Waals surface area contributed by atoms with E-state index in [-0.39, 0.29) is 0 Å². The third-order valence-electron chi connectivity index (χ3n) is 4.61. The number of hydrogen-bond acceptors (Lipinski definition) is 1. The molecule has 0 aliphatic rings. The molecule has 0 spiro atoms. The van der Waals surface area contributed by atoms with Gasteiger partial charge in [-0.25, -0.2) is 0 Å². The second-order valence-corrected chi connectivity index (χ2v) is 9.37. The van der Waals surface area contributed by atoms with Gasteiger partial charge in [0.05, 0.1) is 0 Å². The van der Waals surface area contributed by atoms with Crippen LogP contribution in [-0.4, -0.2) is 0 Å². The average molecular weight is 352 g/mol. The minimum absolute atomic E-state index is 0.907. The molecule has 2 heteroatoms. The summed E-state index contributed by atoms with van der Waals surface area (Å²) < 4.78 is 14.6. The Morgan fingerprint density at radius 2 is 1.36 bits per heavy atom. The zero-order chi connectivity index (χ0) is 18.3. The van der Waals surface area contributed by atoms with Crippen molar-refractivity contribution in [2.45, 2.75) is 47.0 Å². The average Bonchev–Trinajstić information content (AvgIpc) is 2.65. The van der Waals surface area contributed by atoms with Crippen LogP contribution in [0, 0.1) is 0 Å². The Kier molecular flexibility index (Phi) is 7.02. The highest BCUT2D eigenvalue weighted by atomic mass is 31.2. The van der Waals surface area contributed by atoms with Crippen molar-refractivity contribution in [2.75, 3.05) is 0 Å². The monoisotopic (exact) mass is 352 g/mol. The molecule has 1 nitrogen and oxygen atoms in total. The highest BCUT2D eigenvalue weighted by Gasteiger charge is 2.32. The molecule has 0 saturated carbocycles. The van der Waals surface area contributed by atoms with Crippen LogP contribution >= 0.6 is 7.14 Å². The second kappa shape index (κ2) is 9.02. The highest BCUT2D eigenvalue weighted by molar-refractivity contribution is 7.82. The van der Waals surface area contributed by atoms with E-state index in [4.69, 9.17) is 0 Å². The molecule has 0 heterocycles. The summed E-state index contributed by atoms with van der Waals surface area (Å²) in [4.78, 5) is 0. The van der Waals surface area contributed by atoms with E-state index in [9.17, 15) is 4.57 Å². The number of benzene rings is 2. The molecule has 0 aliphatic carbocycles. The van der Waals surface area contributed by atoms with E-state index in [1.807, 2.05) is 60.7 Å². The minimum Gasteiger partial charge on any atom is -0.309 e. The van der Waals surface area contributed by atoms with E-state index in [1.54, 1.807) is 0 Å². The van der Waals surface area contributed by atoms with Crippen LogP contribution in [0.3, 0.4) is 0 Å². The molecule has 2 aromatic rings. The maximum Gasteiger partial charge on any atom is 0.170 e. The molecule has 2 rings (SSSR count). The summed E-state index contributed by atoms with van der Waals surface area (Å²) in [5.41, 5.74) is 2.36. The summed E-state index contributed by atoms with van der Waals surface area (Å²) in [6.45, 7) is 8.49. The van der Waals surface area contributed by atoms with Crippen molar-refractivity contribution < 1.29 is 4.57 Å². The van der Waals surface area contributed by atoms with E-state index in [1.165, 1.54) is 5.57 Å². The van der Waals surface area contributed by atoms with Gasteiger partial charge in [0, 0.05) is 15.9 Å². The quantitative estimate of drug-likeness (QED) is 0.319. The van der Waals surface area contributed by atoms with E-state index in [0.29, 0.717) is 0 Å². The summed E-state index contributed by atoms with van der Waals surface area (Å²) in [5.74, 6) is 0. The molecule has 132 valence electrons. The number of allylic oxidation sites excluding steroid dienone is 4. The molecule has 0 radical (unpaired) electrons. The van der Waals surface area contributed by atoms with Gasteiger partial charge in [-0.15, -0.1) is 0 Å². The fraction of sp³-hybridized carbons (Fsp3) is 0.304. The Morgan fingerprint density at radius 1 is 0.880 bits per heavy atom. The van der Waals surface area contributed by atoms with Crippen molar-refractivity contribution >= 4 is 17.8 Å². The van der Waals surface area contributed by atoms with Crippen LogP contribution in [0.25, 0.3) is 0 Å². The topological polar surface area (TPSA) is 17.1 Å². The van der Waals surface area contributed by atoms with Crippen molar-refractivity contribution in [3.63, 3.8) is 0 Å². The molecule has 0 saturated heterocycles. The first kappa shape index (κ1) is 19.5. The molecule has 0 amide bonds. The largest absolute Gasteiger partial charge is 0.309 e. The van der Waals surface area contributed by atoms with E-state index >= 15 is 0 Å².